The Labute approximate surface area is 64.9 Å². The molecule has 0 aliphatic rings. The Morgan fingerprint density at radius 3 is 2.60 bits per heavy atom. The lowest BCUT2D eigenvalue weighted by Crippen LogP contribution is -2.21. The Hall–Kier alpha value is -0.560. The molecule has 0 spiro atoms. The lowest BCUT2D eigenvalue weighted by atomic mass is 10.7. The summed E-state index contributed by atoms with van der Waals surface area (Å²) in [4.78, 5) is 10.3. The van der Waals surface area contributed by atoms with Gasteiger partial charge in [0.1, 0.15) is 0 Å². The highest BCUT2D eigenvalue weighted by Crippen LogP contribution is 1.73. The highest BCUT2D eigenvalue weighted by molar-refractivity contribution is 7.80. The fourth-order valence-electron chi connectivity index (χ4n) is 0.263. The number of nitrogens with one attached hydrogen (secondary N) is 1. The maximum absolute atomic E-state index is 10.3. The van der Waals surface area contributed by atoms with Crippen molar-refractivity contribution in [3.63, 3.8) is 0 Å². The van der Waals surface area contributed by atoms with Gasteiger partial charge >= 0.3 is 16.5 Å². The summed E-state index contributed by atoms with van der Waals surface area (Å²) in [6.07, 6.45) is 0. The van der Waals surface area contributed by atoms with E-state index in [-0.39, 0.29) is 0 Å². The zero-order valence-electron chi connectivity index (χ0n) is 4.94. The molecular weight excluding hydrogens is 176 g/mol. The van der Waals surface area contributed by atoms with Gasteiger partial charge in [-0.3, -0.25) is 0 Å². The molecule has 2 amide bonds. The average Bonchev–Trinajstić information content (AvgIpc) is 1.82. The molecule has 0 atom stereocenters. The van der Waals surface area contributed by atoms with Crippen LogP contribution in [0.5, 0.6) is 0 Å². The summed E-state index contributed by atoms with van der Waals surface area (Å²) in [6, 6.07) is -0.859. The molecule has 0 unspecified atom stereocenters. The number of hydrogen-bond donors (Lipinski definition) is 2. The molecule has 0 fully saturated rings. The Morgan fingerprint density at radius 1 is 1.60 bits per heavy atom. The largest absolute Gasteiger partial charge is 0.355 e. The molecule has 58 valence electrons. The number of thiol groups is 1. The van der Waals surface area contributed by atoms with Gasteiger partial charge in [-0.15, -0.1) is 0 Å². The monoisotopic (exact) mass is 182 g/mol. The quantitative estimate of drug-likeness (QED) is 0.575. The van der Waals surface area contributed by atoms with Crippen LogP contribution >= 0.6 is 12.6 Å². The van der Waals surface area contributed by atoms with E-state index in [1.165, 1.54) is 0 Å². The number of rotatable bonds is 2. The molecule has 0 aromatic carbocycles. The van der Waals surface area contributed by atoms with E-state index < -0.39 is 16.5 Å². The van der Waals surface area contributed by atoms with Crippen molar-refractivity contribution in [2.75, 3.05) is 12.3 Å². The first-order chi connectivity index (χ1) is 4.66. The van der Waals surface area contributed by atoms with Crippen molar-refractivity contribution in [2.45, 2.75) is 0 Å². The van der Waals surface area contributed by atoms with Crippen LogP contribution in [0.15, 0.2) is 4.36 Å². The van der Waals surface area contributed by atoms with Crippen LogP contribution in [0.3, 0.4) is 0 Å². The van der Waals surface area contributed by atoms with Crippen LogP contribution in [-0.2, 0) is 10.5 Å². The molecule has 1 N–H and O–H groups in total. The standard InChI is InChI=1S/C3H6N2O3S2/c6-3(4-1-2-9)5-10(7)8/h9H,1-2H2,(H,4,6). The van der Waals surface area contributed by atoms with Crippen LogP contribution in [0.4, 0.5) is 4.79 Å². The summed E-state index contributed by atoms with van der Waals surface area (Å²) in [5.74, 6) is 0.451. The maximum Gasteiger partial charge on any atom is 0.355 e. The zero-order chi connectivity index (χ0) is 7.98. The van der Waals surface area contributed by atoms with Crippen LogP contribution in [0, 0.1) is 0 Å². The van der Waals surface area contributed by atoms with Crippen LogP contribution in [-0.4, -0.2) is 26.7 Å². The first-order valence-corrected chi connectivity index (χ1v) is 4.03. The topological polar surface area (TPSA) is 75.6 Å². The first-order valence-electron chi connectivity index (χ1n) is 2.36. The van der Waals surface area contributed by atoms with Gasteiger partial charge in [0.2, 0.25) is 0 Å². The Morgan fingerprint density at radius 2 is 2.20 bits per heavy atom. The van der Waals surface area contributed by atoms with Crippen molar-refractivity contribution in [1.29, 1.82) is 0 Å². The molecule has 0 aliphatic carbocycles. The number of urea groups is 1. The molecule has 0 heterocycles. The molecule has 0 bridgehead atoms. The summed E-state index contributed by atoms with van der Waals surface area (Å²) >= 11 is 3.78. The van der Waals surface area contributed by atoms with Crippen molar-refractivity contribution in [3.8, 4) is 0 Å². The minimum Gasteiger partial charge on any atom is -0.335 e. The third-order valence-electron chi connectivity index (χ3n) is 0.545. The van der Waals surface area contributed by atoms with Crippen molar-refractivity contribution < 1.29 is 13.2 Å². The van der Waals surface area contributed by atoms with E-state index in [9.17, 15) is 13.2 Å². The molecule has 7 heteroatoms. The summed E-state index contributed by atoms with van der Waals surface area (Å²) in [6.45, 7) is 0.308. The normalized spacial score (nSPS) is 8.50. The van der Waals surface area contributed by atoms with Gasteiger partial charge in [0.25, 0.3) is 0 Å². The number of carbonyl (C=O) groups excluding carboxylic acids is 1. The molecule has 10 heavy (non-hydrogen) atoms. The summed E-state index contributed by atoms with van der Waals surface area (Å²) in [7, 11) is -2.66. The van der Waals surface area contributed by atoms with E-state index in [0.717, 1.165) is 0 Å². The number of nitrogens with zero attached hydrogens (tertiary/aromatic N) is 1. The third kappa shape index (κ3) is 5.57. The first kappa shape index (κ1) is 9.44. The van der Waals surface area contributed by atoms with Crippen LogP contribution in [0.2, 0.25) is 0 Å². The SMILES string of the molecule is O=C(N=S(=O)=O)NCCS. The lowest BCUT2D eigenvalue weighted by Gasteiger charge is -1.92. The van der Waals surface area contributed by atoms with Gasteiger partial charge in [-0.05, 0) is 0 Å². The summed E-state index contributed by atoms with van der Waals surface area (Å²) < 4.78 is 22.1. The molecule has 0 saturated carbocycles. The zero-order valence-corrected chi connectivity index (χ0v) is 6.65. The second-order valence-corrected chi connectivity index (χ2v) is 2.33. The Kier molecular flexibility index (Phi) is 4.95. The molecule has 0 rings (SSSR count). The molecule has 0 radical (unpaired) electrons. The predicted molar refractivity (Wildman–Crippen MR) is 38.6 cm³/mol. The number of carbonyl (C=O) groups is 1. The second-order valence-electron chi connectivity index (χ2n) is 1.26. The van der Waals surface area contributed by atoms with Crippen molar-refractivity contribution in [1.82, 2.24) is 5.32 Å². The number of amides is 2. The molecule has 0 aliphatic heterocycles. The van der Waals surface area contributed by atoms with E-state index in [1.807, 2.05) is 0 Å². The van der Waals surface area contributed by atoms with Crippen molar-refractivity contribution in [2.24, 2.45) is 4.36 Å². The van der Waals surface area contributed by atoms with E-state index in [2.05, 4.69) is 22.3 Å². The minimum absolute atomic E-state index is 0.308. The fraction of sp³-hybridized carbons (Fsp3) is 0.667. The van der Waals surface area contributed by atoms with E-state index in [1.54, 1.807) is 0 Å². The van der Waals surface area contributed by atoms with E-state index in [4.69, 9.17) is 0 Å². The maximum atomic E-state index is 10.3. The fourth-order valence-corrected chi connectivity index (χ4v) is 0.575. The predicted octanol–water partition coefficient (Wildman–Crippen LogP) is -0.311. The van der Waals surface area contributed by atoms with Gasteiger partial charge in [-0.2, -0.15) is 21.0 Å². The van der Waals surface area contributed by atoms with Crippen LogP contribution in [0.25, 0.3) is 0 Å². The van der Waals surface area contributed by atoms with Gasteiger partial charge < -0.3 is 5.32 Å². The van der Waals surface area contributed by atoms with Crippen molar-refractivity contribution in [3.05, 3.63) is 0 Å². The van der Waals surface area contributed by atoms with E-state index >= 15 is 0 Å². The highest BCUT2D eigenvalue weighted by Gasteiger charge is 1.93. The summed E-state index contributed by atoms with van der Waals surface area (Å²) in [5, 5.41) is 2.19. The second kappa shape index (κ2) is 5.24. The van der Waals surface area contributed by atoms with Gasteiger partial charge in [0, 0.05) is 12.3 Å². The third-order valence-corrected chi connectivity index (χ3v) is 1.08. The van der Waals surface area contributed by atoms with Gasteiger partial charge in [0.15, 0.2) is 0 Å². The van der Waals surface area contributed by atoms with Gasteiger partial charge in [0.05, 0.1) is 0 Å². The molecular formula is C3H6N2O3S2. The Balaban J connectivity index is 3.77. The van der Waals surface area contributed by atoms with E-state index in [0.29, 0.717) is 12.3 Å². The summed E-state index contributed by atoms with van der Waals surface area (Å²) in [5.41, 5.74) is 0. The van der Waals surface area contributed by atoms with Crippen molar-refractivity contribution >= 4 is 29.2 Å². The van der Waals surface area contributed by atoms with Crippen LogP contribution < -0.4 is 5.32 Å². The molecule has 5 nitrogen and oxygen atoms in total. The molecule has 0 aromatic rings. The highest BCUT2D eigenvalue weighted by atomic mass is 32.2. The molecule has 0 saturated heterocycles. The smallest absolute Gasteiger partial charge is 0.335 e. The lowest BCUT2D eigenvalue weighted by molar-refractivity contribution is 0.250. The Bertz CT molecular complexity index is 224. The average molecular weight is 182 g/mol. The van der Waals surface area contributed by atoms with Gasteiger partial charge in [-0.1, -0.05) is 4.36 Å². The van der Waals surface area contributed by atoms with Gasteiger partial charge in [-0.25, -0.2) is 4.79 Å². The minimum atomic E-state index is -2.66. The molecule has 0 aromatic heterocycles. The number of hydrogen-bond acceptors (Lipinski definition) is 4. The van der Waals surface area contributed by atoms with Crippen LogP contribution in [0.1, 0.15) is 0 Å².